The lowest BCUT2D eigenvalue weighted by atomic mass is 10.1. The first kappa shape index (κ1) is 13.3. The fraction of sp³-hybridized carbons (Fsp3) is 0.538. The summed E-state index contributed by atoms with van der Waals surface area (Å²) in [6.07, 6.45) is 3.44. The summed E-state index contributed by atoms with van der Waals surface area (Å²) in [4.78, 5) is 0. The van der Waals surface area contributed by atoms with E-state index in [1.807, 2.05) is 31.3 Å². The van der Waals surface area contributed by atoms with E-state index in [0.717, 1.165) is 31.6 Å². The average molecular weight is 242 g/mol. The molecule has 90 valence electrons. The van der Waals surface area contributed by atoms with E-state index in [0.29, 0.717) is 5.02 Å². The fourth-order valence-electron chi connectivity index (χ4n) is 1.61. The second-order valence-electron chi connectivity index (χ2n) is 3.85. The molecule has 0 radical (unpaired) electrons. The van der Waals surface area contributed by atoms with Gasteiger partial charge in [0.15, 0.2) is 0 Å². The molecule has 0 aliphatic rings. The number of benzene rings is 1. The van der Waals surface area contributed by atoms with Crippen LogP contribution in [0.25, 0.3) is 0 Å². The van der Waals surface area contributed by atoms with Crippen molar-refractivity contribution in [2.75, 3.05) is 13.6 Å². The van der Waals surface area contributed by atoms with Gasteiger partial charge in [0, 0.05) is 0 Å². The van der Waals surface area contributed by atoms with Crippen molar-refractivity contribution in [1.82, 2.24) is 5.32 Å². The molecule has 1 atom stereocenters. The Hall–Kier alpha value is -0.730. The molecule has 16 heavy (non-hydrogen) atoms. The summed E-state index contributed by atoms with van der Waals surface area (Å²) in [5, 5.41) is 3.83. The first-order valence-corrected chi connectivity index (χ1v) is 6.21. The van der Waals surface area contributed by atoms with Crippen LogP contribution in [0.3, 0.4) is 0 Å². The van der Waals surface area contributed by atoms with Crippen LogP contribution in [0.5, 0.6) is 5.75 Å². The van der Waals surface area contributed by atoms with Gasteiger partial charge < -0.3 is 10.1 Å². The highest BCUT2D eigenvalue weighted by Crippen LogP contribution is 2.25. The highest BCUT2D eigenvalue weighted by Gasteiger charge is 2.10. The molecule has 0 bridgehead atoms. The highest BCUT2D eigenvalue weighted by atomic mass is 35.5. The molecular weight excluding hydrogens is 222 g/mol. The van der Waals surface area contributed by atoms with Gasteiger partial charge in [0.1, 0.15) is 5.75 Å². The number of hydrogen-bond donors (Lipinski definition) is 1. The maximum atomic E-state index is 6.06. The van der Waals surface area contributed by atoms with Crippen molar-refractivity contribution < 1.29 is 4.74 Å². The topological polar surface area (TPSA) is 21.3 Å². The smallest absolute Gasteiger partial charge is 0.138 e. The zero-order valence-electron chi connectivity index (χ0n) is 10.0. The molecule has 1 unspecified atom stereocenters. The van der Waals surface area contributed by atoms with Gasteiger partial charge in [-0.2, -0.15) is 0 Å². The van der Waals surface area contributed by atoms with Gasteiger partial charge in [-0.3, -0.25) is 0 Å². The van der Waals surface area contributed by atoms with Gasteiger partial charge in [-0.05, 0) is 38.6 Å². The van der Waals surface area contributed by atoms with E-state index < -0.39 is 0 Å². The third-order valence-corrected chi connectivity index (χ3v) is 2.77. The van der Waals surface area contributed by atoms with Crippen LogP contribution < -0.4 is 10.1 Å². The van der Waals surface area contributed by atoms with E-state index in [4.69, 9.17) is 16.3 Å². The predicted octanol–water partition coefficient (Wildman–Crippen LogP) is 3.50. The molecule has 1 aromatic carbocycles. The quantitative estimate of drug-likeness (QED) is 0.789. The maximum absolute atomic E-state index is 6.06. The molecule has 0 amide bonds. The van der Waals surface area contributed by atoms with Gasteiger partial charge >= 0.3 is 0 Å². The summed E-state index contributed by atoms with van der Waals surface area (Å²) in [5.41, 5.74) is 0. The third kappa shape index (κ3) is 4.42. The lowest BCUT2D eigenvalue weighted by molar-refractivity contribution is 0.180. The standard InChI is InChI=1S/C13H20ClNO/c1-3-6-11(9-10-15-2)16-13-8-5-4-7-12(13)14/h4-5,7-8,11,15H,3,6,9-10H2,1-2H3. The van der Waals surface area contributed by atoms with Crippen LogP contribution in [0.4, 0.5) is 0 Å². The van der Waals surface area contributed by atoms with E-state index in [1.54, 1.807) is 0 Å². The molecule has 2 nitrogen and oxygen atoms in total. The fourth-order valence-corrected chi connectivity index (χ4v) is 1.79. The lowest BCUT2D eigenvalue weighted by Crippen LogP contribution is -2.22. The van der Waals surface area contributed by atoms with Gasteiger partial charge in [0.2, 0.25) is 0 Å². The van der Waals surface area contributed by atoms with Crippen LogP contribution >= 0.6 is 11.6 Å². The molecule has 0 saturated heterocycles. The molecule has 1 aromatic rings. The highest BCUT2D eigenvalue weighted by molar-refractivity contribution is 6.32. The second kappa shape index (κ2) is 7.53. The Labute approximate surface area is 103 Å². The molecular formula is C13H20ClNO. The number of ether oxygens (including phenoxy) is 1. The Morgan fingerprint density at radius 1 is 1.31 bits per heavy atom. The normalized spacial score (nSPS) is 12.4. The minimum Gasteiger partial charge on any atom is -0.489 e. The van der Waals surface area contributed by atoms with Gasteiger partial charge in [0.05, 0.1) is 11.1 Å². The van der Waals surface area contributed by atoms with E-state index in [9.17, 15) is 0 Å². The summed E-state index contributed by atoms with van der Waals surface area (Å²) in [6, 6.07) is 7.64. The summed E-state index contributed by atoms with van der Waals surface area (Å²) < 4.78 is 5.92. The van der Waals surface area contributed by atoms with Crippen LogP contribution in [0.2, 0.25) is 5.02 Å². The summed E-state index contributed by atoms with van der Waals surface area (Å²) in [5.74, 6) is 0.790. The van der Waals surface area contributed by atoms with Gasteiger partial charge in [0.25, 0.3) is 0 Å². The summed E-state index contributed by atoms with van der Waals surface area (Å²) >= 11 is 6.06. The summed E-state index contributed by atoms with van der Waals surface area (Å²) in [6.45, 7) is 3.14. The molecule has 0 aromatic heterocycles. The van der Waals surface area contributed by atoms with Crippen LogP contribution in [0.15, 0.2) is 24.3 Å². The number of hydrogen-bond acceptors (Lipinski definition) is 2. The van der Waals surface area contributed by atoms with Crippen LogP contribution in [-0.4, -0.2) is 19.7 Å². The number of halogens is 1. The van der Waals surface area contributed by atoms with Gasteiger partial charge in [-0.1, -0.05) is 37.1 Å². The molecule has 0 aliphatic carbocycles. The zero-order valence-corrected chi connectivity index (χ0v) is 10.8. The van der Waals surface area contributed by atoms with E-state index in [-0.39, 0.29) is 6.10 Å². The van der Waals surface area contributed by atoms with Crippen molar-refractivity contribution in [2.24, 2.45) is 0 Å². The monoisotopic (exact) mass is 241 g/mol. The van der Waals surface area contributed by atoms with E-state index >= 15 is 0 Å². The Morgan fingerprint density at radius 2 is 2.06 bits per heavy atom. The molecule has 0 fully saturated rings. The zero-order chi connectivity index (χ0) is 11.8. The number of nitrogens with one attached hydrogen (secondary N) is 1. The van der Waals surface area contributed by atoms with Crippen molar-refractivity contribution in [3.05, 3.63) is 29.3 Å². The van der Waals surface area contributed by atoms with Crippen LogP contribution in [0, 0.1) is 0 Å². The SMILES string of the molecule is CCCC(CCNC)Oc1ccccc1Cl. The van der Waals surface area contributed by atoms with Crippen molar-refractivity contribution in [3.8, 4) is 5.75 Å². The van der Waals surface area contributed by atoms with Gasteiger partial charge in [-0.15, -0.1) is 0 Å². The first-order chi connectivity index (χ1) is 7.77. The second-order valence-corrected chi connectivity index (χ2v) is 4.26. The largest absolute Gasteiger partial charge is 0.489 e. The first-order valence-electron chi connectivity index (χ1n) is 5.83. The van der Waals surface area contributed by atoms with E-state index in [2.05, 4.69) is 12.2 Å². The van der Waals surface area contributed by atoms with Gasteiger partial charge in [-0.25, -0.2) is 0 Å². The molecule has 1 N–H and O–H groups in total. The van der Waals surface area contributed by atoms with Crippen molar-refractivity contribution in [1.29, 1.82) is 0 Å². The minimum atomic E-state index is 0.248. The van der Waals surface area contributed by atoms with Crippen LogP contribution in [-0.2, 0) is 0 Å². The lowest BCUT2D eigenvalue weighted by Gasteiger charge is -2.19. The maximum Gasteiger partial charge on any atom is 0.138 e. The molecule has 3 heteroatoms. The molecule has 0 aliphatic heterocycles. The predicted molar refractivity (Wildman–Crippen MR) is 69.3 cm³/mol. The van der Waals surface area contributed by atoms with E-state index in [1.165, 1.54) is 0 Å². The Kier molecular flexibility index (Phi) is 6.27. The Balaban J connectivity index is 2.56. The van der Waals surface area contributed by atoms with Crippen molar-refractivity contribution in [3.63, 3.8) is 0 Å². The Bertz CT molecular complexity index is 304. The summed E-state index contributed by atoms with van der Waals surface area (Å²) in [7, 11) is 1.96. The third-order valence-electron chi connectivity index (χ3n) is 2.46. The number of para-hydroxylation sites is 1. The molecule has 0 spiro atoms. The van der Waals surface area contributed by atoms with Crippen molar-refractivity contribution >= 4 is 11.6 Å². The minimum absolute atomic E-state index is 0.248. The molecule has 0 heterocycles. The average Bonchev–Trinajstić information content (AvgIpc) is 2.29. The number of rotatable bonds is 7. The molecule has 1 rings (SSSR count). The van der Waals surface area contributed by atoms with Crippen LogP contribution in [0.1, 0.15) is 26.2 Å². The van der Waals surface area contributed by atoms with Crippen molar-refractivity contribution in [2.45, 2.75) is 32.3 Å². The Morgan fingerprint density at radius 3 is 2.69 bits per heavy atom. The molecule has 0 saturated carbocycles.